The average Bonchev–Trinajstić information content (AvgIpc) is 2.79. The number of phenolic OH excluding ortho intramolecular Hbond substituents is 1. The number of aryl methyl sites for hydroxylation is 1. The summed E-state index contributed by atoms with van der Waals surface area (Å²) in [6, 6.07) is 3.13. The molecule has 0 aliphatic rings. The van der Waals surface area contributed by atoms with Crippen LogP contribution in [0.15, 0.2) is 18.2 Å². The number of hydrogen-bond acceptors (Lipinski definition) is 5. The topological polar surface area (TPSA) is 90.7 Å². The van der Waals surface area contributed by atoms with E-state index in [0.29, 0.717) is 0 Å². The van der Waals surface area contributed by atoms with Crippen LogP contribution in [0.1, 0.15) is 26.4 Å². The minimum Gasteiger partial charge on any atom is -0.508 e. The minimum absolute atomic E-state index is 0.0879. The molecule has 0 aliphatic heterocycles. The summed E-state index contributed by atoms with van der Waals surface area (Å²) in [5.41, 5.74) is -0.0685. The van der Waals surface area contributed by atoms with Crippen LogP contribution in [-0.4, -0.2) is 33.5 Å². The maximum absolute atomic E-state index is 13.7. The van der Waals surface area contributed by atoms with Crippen LogP contribution in [0.2, 0.25) is 0 Å². The van der Waals surface area contributed by atoms with Crippen molar-refractivity contribution in [1.82, 2.24) is 4.37 Å². The van der Waals surface area contributed by atoms with Crippen LogP contribution >= 0.6 is 11.5 Å². The number of aromatic hydroxyl groups is 1. The van der Waals surface area contributed by atoms with E-state index < -0.39 is 17.7 Å². The van der Waals surface area contributed by atoms with Crippen LogP contribution in [-0.2, 0) is 0 Å². The van der Waals surface area contributed by atoms with E-state index in [2.05, 4.69) is 4.37 Å². The first-order valence-corrected chi connectivity index (χ1v) is 6.56. The van der Waals surface area contributed by atoms with Crippen molar-refractivity contribution in [2.24, 2.45) is 0 Å². The Balaban J connectivity index is 2.42. The third-order valence-electron chi connectivity index (χ3n) is 2.85. The van der Waals surface area contributed by atoms with Crippen molar-refractivity contribution in [2.45, 2.75) is 6.92 Å². The number of aromatic carboxylic acids is 1. The van der Waals surface area contributed by atoms with Crippen LogP contribution in [0.3, 0.4) is 0 Å². The molecule has 2 aromatic rings. The van der Waals surface area contributed by atoms with E-state index in [-0.39, 0.29) is 27.6 Å². The highest BCUT2D eigenvalue weighted by Crippen LogP contribution is 2.29. The van der Waals surface area contributed by atoms with Crippen LogP contribution in [0.25, 0.3) is 0 Å². The van der Waals surface area contributed by atoms with Crippen LogP contribution < -0.4 is 4.90 Å². The molecule has 0 saturated carbocycles. The fraction of sp³-hybridized carbons (Fsp3) is 0.154. The maximum Gasteiger partial charge on any atom is 0.340 e. The molecule has 0 aliphatic carbocycles. The highest BCUT2D eigenvalue weighted by atomic mass is 32.1. The lowest BCUT2D eigenvalue weighted by Gasteiger charge is -2.16. The van der Waals surface area contributed by atoms with Gasteiger partial charge in [-0.3, -0.25) is 4.79 Å². The van der Waals surface area contributed by atoms with Crippen molar-refractivity contribution in [1.29, 1.82) is 0 Å². The number of aromatic nitrogens is 1. The molecule has 0 atom stereocenters. The fourth-order valence-electron chi connectivity index (χ4n) is 1.78. The molecule has 21 heavy (non-hydrogen) atoms. The van der Waals surface area contributed by atoms with E-state index in [4.69, 9.17) is 10.2 Å². The van der Waals surface area contributed by atoms with Gasteiger partial charge in [0, 0.05) is 13.1 Å². The highest BCUT2D eigenvalue weighted by molar-refractivity contribution is 7.11. The number of carboxylic acids is 1. The largest absolute Gasteiger partial charge is 0.508 e. The second-order valence-electron chi connectivity index (χ2n) is 4.28. The first kappa shape index (κ1) is 14.9. The first-order valence-electron chi connectivity index (χ1n) is 5.79. The summed E-state index contributed by atoms with van der Waals surface area (Å²) in [6.45, 7) is 1.52. The van der Waals surface area contributed by atoms with E-state index in [1.54, 1.807) is 0 Å². The number of carbonyl (C=O) groups excluding carboxylic acids is 1. The minimum atomic E-state index is -1.21. The molecule has 1 heterocycles. The van der Waals surface area contributed by atoms with Crippen molar-refractivity contribution in [2.75, 3.05) is 11.9 Å². The van der Waals surface area contributed by atoms with Gasteiger partial charge in [-0.15, -0.1) is 0 Å². The first-order chi connectivity index (χ1) is 9.82. The number of benzene rings is 1. The predicted molar refractivity (Wildman–Crippen MR) is 74.6 cm³/mol. The molecule has 0 spiro atoms. The number of amides is 1. The summed E-state index contributed by atoms with van der Waals surface area (Å²) in [5, 5.41) is 18.4. The lowest BCUT2D eigenvalue weighted by molar-refractivity contribution is 0.0697. The zero-order valence-electron chi connectivity index (χ0n) is 11.1. The number of hydrogen-bond donors (Lipinski definition) is 2. The third-order valence-corrected chi connectivity index (χ3v) is 3.87. The third kappa shape index (κ3) is 2.70. The molecule has 2 N–H and O–H groups in total. The number of carbonyl (C=O) groups is 2. The summed E-state index contributed by atoms with van der Waals surface area (Å²) in [4.78, 5) is 24.5. The monoisotopic (exact) mass is 310 g/mol. The lowest BCUT2D eigenvalue weighted by atomic mass is 10.1. The molecule has 1 aromatic carbocycles. The van der Waals surface area contributed by atoms with E-state index in [1.807, 2.05) is 0 Å². The predicted octanol–water partition coefficient (Wildman–Crippen LogP) is 2.27. The van der Waals surface area contributed by atoms with Gasteiger partial charge < -0.3 is 15.1 Å². The normalized spacial score (nSPS) is 10.4. The van der Waals surface area contributed by atoms with Gasteiger partial charge in [0.1, 0.15) is 22.1 Å². The Labute approximate surface area is 123 Å². The fourth-order valence-corrected chi connectivity index (χ4v) is 2.63. The number of phenols is 1. The maximum atomic E-state index is 13.7. The Morgan fingerprint density at radius 2 is 2.05 bits per heavy atom. The molecule has 0 radical (unpaired) electrons. The molecule has 8 heteroatoms. The van der Waals surface area contributed by atoms with Gasteiger partial charge in [-0.1, -0.05) is 0 Å². The Morgan fingerprint density at radius 1 is 1.38 bits per heavy atom. The summed E-state index contributed by atoms with van der Waals surface area (Å²) in [7, 11) is 1.34. The standard InChI is InChI=1S/C13H11FN2O4S/c1-6-10(13(19)20)12(21-15-6)16(2)11(18)8-4-3-7(17)5-9(8)14/h3-5,17H,1-2H3,(H,19,20). The summed E-state index contributed by atoms with van der Waals surface area (Å²) >= 11 is 0.847. The summed E-state index contributed by atoms with van der Waals surface area (Å²) in [6.07, 6.45) is 0. The highest BCUT2D eigenvalue weighted by Gasteiger charge is 2.26. The molecule has 110 valence electrons. The van der Waals surface area contributed by atoms with Gasteiger partial charge in [0.15, 0.2) is 0 Å². The molecule has 6 nitrogen and oxygen atoms in total. The molecule has 0 fully saturated rings. The number of halogens is 1. The molecule has 0 saturated heterocycles. The van der Waals surface area contributed by atoms with Crippen molar-refractivity contribution >= 4 is 28.4 Å². The van der Waals surface area contributed by atoms with Gasteiger partial charge in [-0.2, -0.15) is 4.37 Å². The quantitative estimate of drug-likeness (QED) is 0.907. The zero-order chi connectivity index (χ0) is 15.7. The molecular formula is C13H11FN2O4S. The molecule has 2 rings (SSSR count). The van der Waals surface area contributed by atoms with Gasteiger partial charge in [0.2, 0.25) is 0 Å². The smallest absolute Gasteiger partial charge is 0.340 e. The lowest BCUT2D eigenvalue weighted by Crippen LogP contribution is -2.27. The Hall–Kier alpha value is -2.48. The van der Waals surface area contributed by atoms with Crippen LogP contribution in [0.4, 0.5) is 9.39 Å². The number of carboxylic acid groups (broad SMARTS) is 1. The summed E-state index contributed by atoms with van der Waals surface area (Å²) in [5.74, 6) is -3.11. The van der Waals surface area contributed by atoms with Gasteiger partial charge in [0.05, 0.1) is 11.3 Å². The van der Waals surface area contributed by atoms with Gasteiger partial charge in [-0.25, -0.2) is 9.18 Å². The SMILES string of the molecule is Cc1nsc(N(C)C(=O)c2ccc(O)cc2F)c1C(=O)O. The Bertz CT molecular complexity index is 729. The molecule has 1 aromatic heterocycles. The number of anilines is 1. The number of rotatable bonds is 3. The molecule has 0 bridgehead atoms. The molecular weight excluding hydrogens is 299 g/mol. The second kappa shape index (κ2) is 5.49. The number of nitrogens with zero attached hydrogens (tertiary/aromatic N) is 2. The van der Waals surface area contributed by atoms with Gasteiger partial charge in [0.25, 0.3) is 5.91 Å². The van der Waals surface area contributed by atoms with E-state index in [1.165, 1.54) is 20.0 Å². The Kier molecular flexibility index (Phi) is 3.90. The van der Waals surface area contributed by atoms with E-state index in [9.17, 15) is 14.0 Å². The van der Waals surface area contributed by atoms with Crippen molar-refractivity contribution in [3.63, 3.8) is 0 Å². The van der Waals surface area contributed by atoms with Crippen molar-refractivity contribution in [3.8, 4) is 5.75 Å². The average molecular weight is 310 g/mol. The Morgan fingerprint density at radius 3 is 2.62 bits per heavy atom. The van der Waals surface area contributed by atoms with Crippen LogP contribution in [0, 0.1) is 12.7 Å². The second-order valence-corrected chi connectivity index (χ2v) is 5.03. The van der Waals surface area contributed by atoms with E-state index >= 15 is 0 Å². The molecule has 1 amide bonds. The van der Waals surface area contributed by atoms with Gasteiger partial charge in [-0.05, 0) is 30.6 Å². The zero-order valence-corrected chi connectivity index (χ0v) is 11.9. The summed E-state index contributed by atoms with van der Waals surface area (Å²) < 4.78 is 17.6. The van der Waals surface area contributed by atoms with Crippen molar-refractivity contribution in [3.05, 3.63) is 40.8 Å². The van der Waals surface area contributed by atoms with Gasteiger partial charge >= 0.3 is 5.97 Å². The molecule has 0 unspecified atom stereocenters. The van der Waals surface area contributed by atoms with E-state index in [0.717, 1.165) is 28.6 Å². The van der Waals surface area contributed by atoms with Crippen LogP contribution in [0.5, 0.6) is 5.75 Å². The van der Waals surface area contributed by atoms with Crippen molar-refractivity contribution < 1.29 is 24.2 Å².